The van der Waals surface area contributed by atoms with Crippen LogP contribution < -0.4 is 5.32 Å². The predicted octanol–water partition coefficient (Wildman–Crippen LogP) is 6.44. The Morgan fingerprint density at radius 3 is 2.42 bits per heavy atom. The molecule has 1 aromatic heterocycles. The zero-order valence-electron chi connectivity index (χ0n) is 15.8. The van der Waals surface area contributed by atoms with Gasteiger partial charge in [-0.25, -0.2) is 0 Å². The van der Waals surface area contributed by atoms with E-state index in [-0.39, 0.29) is 0 Å². The van der Waals surface area contributed by atoms with Gasteiger partial charge in [-0.05, 0) is 79.5 Å². The molecular formula is C23H28ClNO. The zero-order valence-corrected chi connectivity index (χ0v) is 16.5. The van der Waals surface area contributed by atoms with Gasteiger partial charge < -0.3 is 9.73 Å². The average molecular weight is 370 g/mol. The van der Waals surface area contributed by atoms with Crippen LogP contribution in [0.5, 0.6) is 0 Å². The summed E-state index contributed by atoms with van der Waals surface area (Å²) in [5.41, 5.74) is 2.34. The molecule has 0 radical (unpaired) electrons. The Hall–Kier alpha value is -1.25. The van der Waals surface area contributed by atoms with E-state index in [0.717, 1.165) is 34.6 Å². The molecule has 0 saturated heterocycles. The first-order chi connectivity index (χ1) is 12.4. The van der Waals surface area contributed by atoms with Crippen LogP contribution in [0, 0.1) is 16.7 Å². The van der Waals surface area contributed by atoms with E-state index in [4.69, 9.17) is 16.0 Å². The topological polar surface area (TPSA) is 25.2 Å². The molecule has 2 aromatic rings. The molecule has 0 aliphatic heterocycles. The number of rotatable bonds is 4. The highest BCUT2D eigenvalue weighted by atomic mass is 35.5. The first kappa shape index (κ1) is 16.9. The van der Waals surface area contributed by atoms with Gasteiger partial charge in [-0.1, -0.05) is 37.6 Å². The van der Waals surface area contributed by atoms with E-state index in [1.807, 2.05) is 30.3 Å². The van der Waals surface area contributed by atoms with Crippen LogP contribution >= 0.6 is 11.6 Å². The number of benzene rings is 1. The molecule has 3 heteroatoms. The van der Waals surface area contributed by atoms with E-state index in [1.165, 1.54) is 38.5 Å². The highest BCUT2D eigenvalue weighted by Gasteiger charge is 2.59. The average Bonchev–Trinajstić information content (AvgIpc) is 2.99. The Morgan fingerprint density at radius 2 is 1.73 bits per heavy atom. The van der Waals surface area contributed by atoms with Crippen molar-refractivity contribution in [2.45, 2.75) is 64.5 Å². The van der Waals surface area contributed by atoms with Gasteiger partial charge in [0.05, 0.1) is 11.6 Å². The lowest BCUT2D eigenvalue weighted by atomic mass is 9.43. The zero-order chi connectivity index (χ0) is 18.0. The first-order valence-corrected chi connectivity index (χ1v) is 10.3. The van der Waals surface area contributed by atoms with Crippen molar-refractivity contribution in [3.8, 4) is 11.3 Å². The summed E-state index contributed by atoms with van der Waals surface area (Å²) in [7, 11) is 0. The maximum absolute atomic E-state index is 6.31. The smallest absolute Gasteiger partial charge is 0.135 e. The monoisotopic (exact) mass is 369 g/mol. The molecule has 2 unspecified atom stereocenters. The number of hydrogen-bond acceptors (Lipinski definition) is 2. The summed E-state index contributed by atoms with van der Waals surface area (Å²) < 4.78 is 6.12. The van der Waals surface area contributed by atoms with Crippen molar-refractivity contribution < 1.29 is 4.42 Å². The summed E-state index contributed by atoms with van der Waals surface area (Å²) in [5.74, 6) is 2.77. The quantitative estimate of drug-likeness (QED) is 0.670. The van der Waals surface area contributed by atoms with Crippen molar-refractivity contribution in [3.05, 3.63) is 47.2 Å². The molecule has 4 aliphatic rings. The van der Waals surface area contributed by atoms with Crippen LogP contribution in [0.2, 0.25) is 5.02 Å². The fourth-order valence-electron chi connectivity index (χ4n) is 7.20. The molecule has 4 fully saturated rings. The van der Waals surface area contributed by atoms with Crippen molar-refractivity contribution in [1.82, 2.24) is 5.32 Å². The highest BCUT2D eigenvalue weighted by molar-refractivity contribution is 6.33. The molecule has 4 aliphatic carbocycles. The van der Waals surface area contributed by atoms with Gasteiger partial charge in [0.25, 0.3) is 0 Å². The van der Waals surface area contributed by atoms with Gasteiger partial charge in [0.15, 0.2) is 0 Å². The fraction of sp³-hybridized carbons (Fsp3) is 0.565. The lowest BCUT2D eigenvalue weighted by Crippen LogP contribution is -2.63. The van der Waals surface area contributed by atoms with Crippen molar-refractivity contribution in [1.29, 1.82) is 0 Å². The second-order valence-corrected chi connectivity index (χ2v) is 10.4. The van der Waals surface area contributed by atoms with Gasteiger partial charge in [0, 0.05) is 11.1 Å². The third kappa shape index (κ3) is 2.82. The molecule has 1 heterocycles. The van der Waals surface area contributed by atoms with E-state index in [9.17, 15) is 0 Å². The Balaban J connectivity index is 1.34. The van der Waals surface area contributed by atoms with Gasteiger partial charge in [-0.3, -0.25) is 0 Å². The van der Waals surface area contributed by atoms with Crippen molar-refractivity contribution in [2.24, 2.45) is 16.7 Å². The number of nitrogens with one attached hydrogen (secondary N) is 1. The number of hydrogen-bond donors (Lipinski definition) is 1. The molecule has 0 spiro atoms. The molecule has 0 amide bonds. The molecule has 1 N–H and O–H groups in total. The van der Waals surface area contributed by atoms with Crippen LogP contribution in [0.25, 0.3) is 11.3 Å². The van der Waals surface area contributed by atoms with Crippen molar-refractivity contribution >= 4 is 11.6 Å². The summed E-state index contributed by atoms with van der Waals surface area (Å²) in [4.78, 5) is 0. The molecule has 138 valence electrons. The lowest BCUT2D eigenvalue weighted by molar-refractivity contribution is -0.118. The second kappa shape index (κ2) is 5.62. The molecular weight excluding hydrogens is 342 g/mol. The van der Waals surface area contributed by atoms with Crippen LogP contribution in [0.1, 0.15) is 58.1 Å². The molecule has 2 nitrogen and oxygen atoms in total. The minimum atomic E-state index is 0.306. The largest absolute Gasteiger partial charge is 0.460 e. The van der Waals surface area contributed by atoms with E-state index in [0.29, 0.717) is 16.4 Å². The fourth-order valence-corrected chi connectivity index (χ4v) is 7.43. The normalized spacial score (nSPS) is 38.0. The number of halogens is 1. The highest BCUT2D eigenvalue weighted by Crippen LogP contribution is 2.66. The van der Waals surface area contributed by atoms with Crippen molar-refractivity contribution in [2.75, 3.05) is 0 Å². The van der Waals surface area contributed by atoms with Gasteiger partial charge in [-0.15, -0.1) is 0 Å². The van der Waals surface area contributed by atoms with Gasteiger partial charge >= 0.3 is 0 Å². The maximum atomic E-state index is 6.31. The minimum Gasteiger partial charge on any atom is -0.460 e. The Kier molecular flexibility index (Phi) is 3.65. The van der Waals surface area contributed by atoms with Crippen molar-refractivity contribution in [3.63, 3.8) is 0 Å². The third-order valence-corrected chi connectivity index (χ3v) is 7.39. The van der Waals surface area contributed by atoms with Gasteiger partial charge in [0.1, 0.15) is 11.5 Å². The SMILES string of the molecule is CC12CC3CC(C)(C1)CC(NCc1ccc(-c4ccccc4Cl)o1)(C3)C2. The van der Waals surface area contributed by atoms with Crippen LogP contribution in [0.15, 0.2) is 40.8 Å². The summed E-state index contributed by atoms with van der Waals surface area (Å²) in [6.45, 7) is 5.85. The van der Waals surface area contributed by atoms with E-state index in [2.05, 4.69) is 25.2 Å². The van der Waals surface area contributed by atoms with Gasteiger partial charge in [-0.2, -0.15) is 0 Å². The first-order valence-electron chi connectivity index (χ1n) is 9.95. The summed E-state index contributed by atoms with van der Waals surface area (Å²) in [5, 5.41) is 4.69. The molecule has 6 rings (SSSR count). The summed E-state index contributed by atoms with van der Waals surface area (Å²) in [6, 6.07) is 12.0. The molecule has 26 heavy (non-hydrogen) atoms. The predicted molar refractivity (Wildman–Crippen MR) is 106 cm³/mol. The second-order valence-electron chi connectivity index (χ2n) is 10.0. The minimum absolute atomic E-state index is 0.306. The number of furan rings is 1. The van der Waals surface area contributed by atoms with Crippen LogP contribution in [-0.2, 0) is 6.54 Å². The Labute approximate surface area is 161 Å². The third-order valence-electron chi connectivity index (χ3n) is 7.06. The van der Waals surface area contributed by atoms with Crippen LogP contribution in [0.3, 0.4) is 0 Å². The van der Waals surface area contributed by atoms with Gasteiger partial charge in [0.2, 0.25) is 0 Å². The molecule has 4 bridgehead atoms. The molecule has 4 saturated carbocycles. The maximum Gasteiger partial charge on any atom is 0.135 e. The summed E-state index contributed by atoms with van der Waals surface area (Å²) >= 11 is 6.31. The van der Waals surface area contributed by atoms with Crippen LogP contribution in [0.4, 0.5) is 0 Å². The van der Waals surface area contributed by atoms with E-state index >= 15 is 0 Å². The van der Waals surface area contributed by atoms with E-state index < -0.39 is 0 Å². The van der Waals surface area contributed by atoms with Crippen LogP contribution in [-0.4, -0.2) is 5.54 Å². The Bertz CT molecular complexity index is 822. The standard InChI is InChI=1S/C23H28ClNO/c1-21-9-16-10-22(2,13-21)15-23(11-16,14-21)25-12-17-7-8-20(26-17)18-5-3-4-6-19(18)24/h3-8,16,25H,9-15H2,1-2H3. The molecule has 2 atom stereocenters. The lowest BCUT2D eigenvalue weighted by Gasteiger charge is -2.65. The molecule has 1 aromatic carbocycles. The summed E-state index contributed by atoms with van der Waals surface area (Å²) in [6.07, 6.45) is 8.27. The van der Waals surface area contributed by atoms with E-state index in [1.54, 1.807) is 0 Å². The Morgan fingerprint density at radius 1 is 1.00 bits per heavy atom.